The Labute approximate surface area is 320 Å². The standard InChI is InChI=1S/C40H43ClN6O4S2/c1-42-22-21-34(29-52-36-8-3-2-4-9-36)43-39-20-19-37(27-40(39)47(48)49)53(50,51)44-33-15-17-35(18-16-33)46-25-23-45(24-26-46)28-31-7-5-6-10-38(31)30-11-13-32(41)14-12-30/h2-20,27,34,42-44H,21-26,28-29H2,1H3/t34-/m1/s1. The fourth-order valence-electron chi connectivity index (χ4n) is 6.33. The molecule has 0 aliphatic carbocycles. The fourth-order valence-corrected chi connectivity index (χ4v) is 8.53. The molecular formula is C40H43ClN6O4S2. The maximum atomic E-state index is 13.4. The Balaban J connectivity index is 1.06. The second-order valence-corrected chi connectivity index (χ2v) is 16.1. The number of nitrogens with zero attached hydrogens (tertiary/aromatic N) is 3. The molecule has 10 nitrogen and oxygen atoms in total. The summed E-state index contributed by atoms with van der Waals surface area (Å²) in [6.07, 6.45) is 0.723. The topological polar surface area (TPSA) is 120 Å². The first-order valence-corrected chi connectivity index (χ1v) is 20.3. The van der Waals surface area contributed by atoms with Crippen molar-refractivity contribution in [1.29, 1.82) is 0 Å². The summed E-state index contributed by atoms with van der Waals surface area (Å²) in [4.78, 5) is 17.2. The third-order valence-corrected chi connectivity index (χ3v) is 12.0. The van der Waals surface area contributed by atoms with Crippen molar-refractivity contribution in [3.8, 4) is 11.1 Å². The number of benzene rings is 5. The van der Waals surface area contributed by atoms with Gasteiger partial charge in [-0.05, 0) is 97.4 Å². The van der Waals surface area contributed by atoms with E-state index in [-0.39, 0.29) is 22.3 Å². The molecule has 0 amide bonds. The second-order valence-electron chi connectivity index (χ2n) is 12.9. The van der Waals surface area contributed by atoms with Gasteiger partial charge in [-0.2, -0.15) is 0 Å². The predicted octanol–water partition coefficient (Wildman–Crippen LogP) is 8.22. The van der Waals surface area contributed by atoms with Gasteiger partial charge >= 0.3 is 0 Å². The Hall–Kier alpha value is -4.59. The van der Waals surface area contributed by atoms with Crippen LogP contribution in [0.15, 0.2) is 131 Å². The summed E-state index contributed by atoms with van der Waals surface area (Å²) < 4.78 is 29.4. The number of halogens is 1. The van der Waals surface area contributed by atoms with Crippen LogP contribution >= 0.6 is 23.4 Å². The molecule has 0 saturated carbocycles. The van der Waals surface area contributed by atoms with Gasteiger partial charge in [0.2, 0.25) is 0 Å². The molecule has 0 aromatic heterocycles. The first-order chi connectivity index (χ1) is 25.7. The lowest BCUT2D eigenvalue weighted by Gasteiger charge is -2.36. The van der Waals surface area contributed by atoms with Crippen LogP contribution in [0.2, 0.25) is 5.02 Å². The van der Waals surface area contributed by atoms with E-state index < -0.39 is 14.9 Å². The number of anilines is 3. The number of hydrogen-bond acceptors (Lipinski definition) is 9. The zero-order valence-electron chi connectivity index (χ0n) is 29.5. The molecule has 6 rings (SSSR count). The monoisotopic (exact) mass is 770 g/mol. The highest BCUT2D eigenvalue weighted by Gasteiger charge is 2.24. The Kier molecular flexibility index (Phi) is 12.9. The van der Waals surface area contributed by atoms with E-state index in [4.69, 9.17) is 11.6 Å². The lowest BCUT2D eigenvalue weighted by molar-refractivity contribution is -0.384. The van der Waals surface area contributed by atoms with E-state index in [1.54, 1.807) is 23.9 Å². The minimum atomic E-state index is -4.10. The minimum absolute atomic E-state index is 0.0924. The van der Waals surface area contributed by atoms with Crippen molar-refractivity contribution < 1.29 is 13.3 Å². The Morgan fingerprint density at radius 1 is 0.868 bits per heavy atom. The number of nitro benzene ring substituents is 1. The van der Waals surface area contributed by atoms with Crippen LogP contribution in [-0.4, -0.2) is 69.8 Å². The number of nitro groups is 1. The molecule has 5 aromatic rings. The molecule has 5 aromatic carbocycles. The Morgan fingerprint density at radius 3 is 2.26 bits per heavy atom. The van der Waals surface area contributed by atoms with Gasteiger partial charge in [0.15, 0.2) is 0 Å². The molecule has 3 N–H and O–H groups in total. The van der Waals surface area contributed by atoms with Gasteiger partial charge in [0.25, 0.3) is 15.7 Å². The first kappa shape index (κ1) is 38.1. The van der Waals surface area contributed by atoms with Crippen molar-refractivity contribution >= 4 is 56.1 Å². The van der Waals surface area contributed by atoms with Gasteiger partial charge in [0.05, 0.1) is 9.82 Å². The Bertz CT molecular complexity index is 2080. The van der Waals surface area contributed by atoms with Crippen LogP contribution in [0.1, 0.15) is 12.0 Å². The summed E-state index contributed by atoms with van der Waals surface area (Å²) in [6, 6.07) is 37.5. The van der Waals surface area contributed by atoms with E-state index in [1.807, 2.05) is 61.6 Å². The lowest BCUT2D eigenvalue weighted by Crippen LogP contribution is -2.46. The molecule has 276 valence electrons. The van der Waals surface area contributed by atoms with E-state index in [1.165, 1.54) is 23.3 Å². The molecule has 0 bridgehead atoms. The van der Waals surface area contributed by atoms with Crippen molar-refractivity contribution in [3.63, 3.8) is 0 Å². The third kappa shape index (κ3) is 10.3. The largest absolute Gasteiger partial charge is 0.376 e. The molecule has 1 heterocycles. The molecular weight excluding hydrogens is 728 g/mol. The number of sulfonamides is 1. The van der Waals surface area contributed by atoms with Gasteiger partial charge < -0.3 is 15.5 Å². The highest BCUT2D eigenvalue weighted by Crippen LogP contribution is 2.32. The summed E-state index contributed by atoms with van der Waals surface area (Å²) in [5.74, 6) is 0.676. The Morgan fingerprint density at radius 2 is 1.57 bits per heavy atom. The van der Waals surface area contributed by atoms with Crippen LogP contribution in [-0.2, 0) is 16.6 Å². The number of piperazine rings is 1. The molecule has 0 unspecified atom stereocenters. The van der Waals surface area contributed by atoms with Crippen molar-refractivity contribution in [3.05, 3.63) is 142 Å². The SMILES string of the molecule is CNCC[C@H](CSc1ccccc1)Nc1ccc(S(=O)(=O)Nc2ccc(N3CCN(Cc4ccccc4-c4ccc(Cl)cc4)CC3)cc2)cc1[N+](=O)[O-]. The normalized spacial score (nSPS) is 14.1. The molecule has 1 aliphatic rings. The molecule has 1 fully saturated rings. The molecule has 0 radical (unpaired) electrons. The van der Waals surface area contributed by atoms with E-state index in [0.717, 1.165) is 66.4 Å². The van der Waals surface area contributed by atoms with E-state index >= 15 is 0 Å². The molecule has 53 heavy (non-hydrogen) atoms. The molecule has 0 spiro atoms. The van der Waals surface area contributed by atoms with Crippen molar-refractivity contribution in [2.45, 2.75) is 28.8 Å². The number of nitrogens with one attached hydrogen (secondary N) is 3. The van der Waals surface area contributed by atoms with Crippen LogP contribution in [0.3, 0.4) is 0 Å². The zero-order valence-corrected chi connectivity index (χ0v) is 31.8. The van der Waals surface area contributed by atoms with Crippen LogP contribution < -0.4 is 20.3 Å². The third-order valence-electron chi connectivity index (χ3n) is 9.20. The highest BCUT2D eigenvalue weighted by atomic mass is 35.5. The van der Waals surface area contributed by atoms with E-state index in [2.05, 4.69) is 61.6 Å². The van der Waals surface area contributed by atoms with Crippen molar-refractivity contribution in [2.75, 3.05) is 60.5 Å². The van der Waals surface area contributed by atoms with Crippen LogP contribution in [0.5, 0.6) is 0 Å². The van der Waals surface area contributed by atoms with Crippen molar-refractivity contribution in [1.82, 2.24) is 10.2 Å². The smallest absolute Gasteiger partial charge is 0.293 e. The van der Waals surface area contributed by atoms with E-state index in [9.17, 15) is 18.5 Å². The summed E-state index contributed by atoms with van der Waals surface area (Å²) in [5, 5.41) is 19.3. The predicted molar refractivity (Wildman–Crippen MR) is 218 cm³/mol. The first-order valence-electron chi connectivity index (χ1n) is 17.5. The molecule has 13 heteroatoms. The number of thioether (sulfide) groups is 1. The highest BCUT2D eigenvalue weighted by molar-refractivity contribution is 7.99. The molecule has 1 atom stereocenters. The maximum Gasteiger partial charge on any atom is 0.293 e. The average Bonchev–Trinajstić information content (AvgIpc) is 3.17. The lowest BCUT2D eigenvalue weighted by atomic mass is 9.99. The molecule has 1 aliphatic heterocycles. The zero-order chi connectivity index (χ0) is 37.2. The van der Waals surface area contributed by atoms with Gasteiger partial charge in [0.1, 0.15) is 5.69 Å². The summed E-state index contributed by atoms with van der Waals surface area (Å²) in [6.45, 7) is 4.99. The van der Waals surface area contributed by atoms with Gasteiger partial charge in [-0.3, -0.25) is 19.7 Å². The fraction of sp³-hybridized carbons (Fsp3) is 0.250. The summed E-state index contributed by atoms with van der Waals surface area (Å²) in [7, 11) is -2.24. The second kappa shape index (κ2) is 18.0. The van der Waals surface area contributed by atoms with Gasteiger partial charge in [-0.15, -0.1) is 11.8 Å². The van der Waals surface area contributed by atoms with Crippen LogP contribution in [0.25, 0.3) is 11.1 Å². The van der Waals surface area contributed by atoms with Crippen LogP contribution in [0.4, 0.5) is 22.7 Å². The minimum Gasteiger partial charge on any atom is -0.376 e. The van der Waals surface area contributed by atoms with E-state index in [0.29, 0.717) is 18.0 Å². The van der Waals surface area contributed by atoms with Crippen molar-refractivity contribution in [2.24, 2.45) is 0 Å². The van der Waals surface area contributed by atoms with Gasteiger partial charge in [-0.25, -0.2) is 8.42 Å². The summed E-state index contributed by atoms with van der Waals surface area (Å²) in [5.41, 5.74) is 4.97. The number of hydrogen-bond donors (Lipinski definition) is 3. The number of rotatable bonds is 16. The van der Waals surface area contributed by atoms with Gasteiger partial charge in [-0.1, -0.05) is 66.2 Å². The maximum absolute atomic E-state index is 13.4. The average molecular weight is 771 g/mol. The van der Waals surface area contributed by atoms with Gasteiger partial charge in [0, 0.05) is 71.9 Å². The molecule has 1 saturated heterocycles. The summed E-state index contributed by atoms with van der Waals surface area (Å²) >= 11 is 7.77. The quantitative estimate of drug-likeness (QED) is 0.0518. The van der Waals surface area contributed by atoms with Crippen LogP contribution in [0, 0.1) is 10.1 Å².